The number of anilines is 2. The third kappa shape index (κ3) is 3.51. The van der Waals surface area contributed by atoms with E-state index in [-0.39, 0.29) is 11.8 Å². The molecule has 1 aromatic rings. The lowest BCUT2D eigenvalue weighted by Gasteiger charge is -2.19. The van der Waals surface area contributed by atoms with Crippen molar-refractivity contribution in [1.82, 2.24) is 0 Å². The van der Waals surface area contributed by atoms with Gasteiger partial charge in [0.15, 0.2) is 0 Å². The van der Waals surface area contributed by atoms with Crippen LogP contribution in [-0.2, 0) is 9.59 Å². The van der Waals surface area contributed by atoms with Crippen molar-refractivity contribution >= 4 is 34.8 Å². The molecule has 4 nitrogen and oxygen atoms in total. The first kappa shape index (κ1) is 14.9. The Hall–Kier alpha value is -1.55. The summed E-state index contributed by atoms with van der Waals surface area (Å²) in [6, 6.07) is 5.64. The number of halogens is 1. The van der Waals surface area contributed by atoms with E-state index in [4.69, 9.17) is 11.6 Å². The number of alkyl halides is 1. The van der Waals surface area contributed by atoms with E-state index in [0.717, 1.165) is 29.9 Å². The van der Waals surface area contributed by atoms with Crippen LogP contribution < -0.4 is 10.2 Å². The van der Waals surface area contributed by atoms with Crippen molar-refractivity contribution in [3.63, 3.8) is 0 Å². The minimum atomic E-state index is -0.0324. The Labute approximate surface area is 124 Å². The molecule has 1 heterocycles. The molecular formula is C15H19ClN2O2. The van der Waals surface area contributed by atoms with Crippen molar-refractivity contribution < 1.29 is 9.59 Å². The van der Waals surface area contributed by atoms with Gasteiger partial charge in [0.2, 0.25) is 11.8 Å². The van der Waals surface area contributed by atoms with Gasteiger partial charge in [-0.2, -0.15) is 0 Å². The number of nitrogens with zero attached hydrogens (tertiary/aromatic N) is 1. The van der Waals surface area contributed by atoms with Crippen molar-refractivity contribution in [1.29, 1.82) is 0 Å². The van der Waals surface area contributed by atoms with Crippen LogP contribution in [0.5, 0.6) is 0 Å². The SMILES string of the molecule is Cc1cc(NC(=O)CCCCl)ccc1N1CCCC1=O. The average molecular weight is 295 g/mol. The first-order valence-corrected chi connectivity index (χ1v) is 7.42. The van der Waals surface area contributed by atoms with Crippen LogP contribution in [0.1, 0.15) is 31.2 Å². The zero-order valence-corrected chi connectivity index (χ0v) is 12.4. The maximum atomic E-state index is 11.8. The van der Waals surface area contributed by atoms with Gasteiger partial charge in [-0.3, -0.25) is 9.59 Å². The lowest BCUT2D eigenvalue weighted by atomic mass is 10.1. The zero-order valence-electron chi connectivity index (χ0n) is 11.6. The Morgan fingerprint density at radius 3 is 2.85 bits per heavy atom. The molecule has 2 amide bonds. The van der Waals surface area contributed by atoms with Crippen molar-refractivity contribution in [3.05, 3.63) is 23.8 Å². The van der Waals surface area contributed by atoms with Crippen LogP contribution in [0, 0.1) is 6.92 Å². The van der Waals surface area contributed by atoms with Gasteiger partial charge in [-0.25, -0.2) is 0 Å². The molecular weight excluding hydrogens is 276 g/mol. The van der Waals surface area contributed by atoms with Gasteiger partial charge in [-0.15, -0.1) is 11.6 Å². The summed E-state index contributed by atoms with van der Waals surface area (Å²) in [5, 5.41) is 2.85. The summed E-state index contributed by atoms with van der Waals surface area (Å²) in [6.45, 7) is 2.73. The number of carbonyl (C=O) groups is 2. The summed E-state index contributed by atoms with van der Waals surface area (Å²) in [4.78, 5) is 25.2. The third-order valence-corrected chi connectivity index (χ3v) is 3.65. The number of carbonyl (C=O) groups excluding carboxylic acids is 2. The molecule has 0 spiro atoms. The first-order chi connectivity index (χ1) is 9.61. The fourth-order valence-electron chi connectivity index (χ4n) is 2.39. The Morgan fingerprint density at radius 1 is 1.45 bits per heavy atom. The maximum Gasteiger partial charge on any atom is 0.227 e. The normalized spacial score (nSPS) is 14.7. The summed E-state index contributed by atoms with van der Waals surface area (Å²) >= 11 is 5.56. The monoisotopic (exact) mass is 294 g/mol. The van der Waals surface area contributed by atoms with Crippen LogP contribution in [0.4, 0.5) is 11.4 Å². The van der Waals surface area contributed by atoms with Crippen LogP contribution in [0.25, 0.3) is 0 Å². The Bertz CT molecular complexity index is 517. The summed E-state index contributed by atoms with van der Waals surface area (Å²) < 4.78 is 0. The van der Waals surface area contributed by atoms with Gasteiger partial charge in [0, 0.05) is 36.6 Å². The molecule has 1 aromatic carbocycles. The van der Waals surface area contributed by atoms with E-state index < -0.39 is 0 Å². The van der Waals surface area contributed by atoms with Gasteiger partial charge in [0.1, 0.15) is 0 Å². The number of aryl methyl sites for hydroxylation is 1. The highest BCUT2D eigenvalue weighted by molar-refractivity contribution is 6.18. The second kappa shape index (κ2) is 6.75. The molecule has 2 rings (SSSR count). The number of nitrogens with one attached hydrogen (secondary N) is 1. The number of rotatable bonds is 5. The van der Waals surface area contributed by atoms with Crippen LogP contribution in [0.2, 0.25) is 0 Å². The van der Waals surface area contributed by atoms with Crippen molar-refractivity contribution in [2.45, 2.75) is 32.6 Å². The van der Waals surface area contributed by atoms with E-state index in [2.05, 4.69) is 5.32 Å². The number of amides is 2. The smallest absolute Gasteiger partial charge is 0.227 e. The number of benzene rings is 1. The minimum absolute atomic E-state index is 0.0324. The molecule has 0 aromatic heterocycles. The number of hydrogen-bond acceptors (Lipinski definition) is 2. The molecule has 1 N–H and O–H groups in total. The molecule has 0 unspecified atom stereocenters. The predicted molar refractivity (Wildman–Crippen MR) is 81.3 cm³/mol. The molecule has 1 saturated heterocycles. The Kier molecular flexibility index (Phi) is 5.01. The molecule has 0 atom stereocenters. The molecule has 108 valence electrons. The lowest BCUT2D eigenvalue weighted by molar-refractivity contribution is -0.117. The molecule has 1 fully saturated rings. The lowest BCUT2D eigenvalue weighted by Crippen LogP contribution is -2.24. The van der Waals surface area contributed by atoms with Gasteiger partial charge in [0.05, 0.1) is 0 Å². The standard InChI is InChI=1S/C15H19ClN2O2/c1-11-10-12(17-14(19)4-2-8-16)6-7-13(11)18-9-3-5-15(18)20/h6-7,10H,2-5,8-9H2,1H3,(H,17,19). The van der Waals surface area contributed by atoms with Crippen LogP contribution in [-0.4, -0.2) is 24.2 Å². The minimum Gasteiger partial charge on any atom is -0.326 e. The molecule has 0 saturated carbocycles. The Balaban J connectivity index is 2.06. The van der Waals surface area contributed by atoms with Crippen molar-refractivity contribution in [2.24, 2.45) is 0 Å². The maximum absolute atomic E-state index is 11.8. The number of hydrogen-bond donors (Lipinski definition) is 1. The summed E-state index contributed by atoms with van der Waals surface area (Å²) in [5.41, 5.74) is 2.69. The largest absolute Gasteiger partial charge is 0.326 e. The van der Waals surface area contributed by atoms with Crippen LogP contribution in [0.3, 0.4) is 0 Å². The fourth-order valence-corrected chi connectivity index (χ4v) is 2.52. The predicted octanol–water partition coefficient (Wildman–Crippen LogP) is 3.08. The van der Waals surface area contributed by atoms with E-state index in [1.165, 1.54) is 0 Å². The van der Waals surface area contributed by atoms with Gasteiger partial charge in [0.25, 0.3) is 0 Å². The summed E-state index contributed by atoms with van der Waals surface area (Å²) in [5.74, 6) is 0.629. The van der Waals surface area contributed by atoms with Crippen molar-refractivity contribution in [3.8, 4) is 0 Å². The van der Waals surface area contributed by atoms with E-state index in [1.54, 1.807) is 0 Å². The average Bonchev–Trinajstić information content (AvgIpc) is 2.83. The molecule has 1 aliphatic rings. The van der Waals surface area contributed by atoms with E-state index >= 15 is 0 Å². The van der Waals surface area contributed by atoms with Gasteiger partial charge in [-0.05, 0) is 43.5 Å². The third-order valence-electron chi connectivity index (χ3n) is 3.38. The van der Waals surface area contributed by atoms with Gasteiger partial charge < -0.3 is 10.2 Å². The summed E-state index contributed by atoms with van der Waals surface area (Å²) in [7, 11) is 0. The molecule has 1 aliphatic heterocycles. The molecule has 20 heavy (non-hydrogen) atoms. The zero-order chi connectivity index (χ0) is 14.5. The van der Waals surface area contributed by atoms with Gasteiger partial charge in [-0.1, -0.05) is 0 Å². The first-order valence-electron chi connectivity index (χ1n) is 6.88. The quantitative estimate of drug-likeness (QED) is 0.849. The fraction of sp³-hybridized carbons (Fsp3) is 0.467. The highest BCUT2D eigenvalue weighted by Crippen LogP contribution is 2.27. The topological polar surface area (TPSA) is 49.4 Å². The molecule has 0 aliphatic carbocycles. The second-order valence-corrected chi connectivity index (χ2v) is 5.37. The van der Waals surface area contributed by atoms with Gasteiger partial charge >= 0.3 is 0 Å². The molecule has 5 heteroatoms. The highest BCUT2D eigenvalue weighted by atomic mass is 35.5. The van der Waals surface area contributed by atoms with Crippen LogP contribution >= 0.6 is 11.6 Å². The van der Waals surface area contributed by atoms with E-state index in [0.29, 0.717) is 25.1 Å². The van der Waals surface area contributed by atoms with E-state index in [1.807, 2.05) is 30.0 Å². The highest BCUT2D eigenvalue weighted by Gasteiger charge is 2.22. The summed E-state index contributed by atoms with van der Waals surface area (Å²) in [6.07, 6.45) is 2.63. The van der Waals surface area contributed by atoms with Crippen molar-refractivity contribution in [2.75, 3.05) is 22.6 Å². The molecule has 0 bridgehead atoms. The second-order valence-electron chi connectivity index (χ2n) is 4.99. The van der Waals surface area contributed by atoms with E-state index in [9.17, 15) is 9.59 Å². The Morgan fingerprint density at radius 2 is 2.25 bits per heavy atom. The molecule has 0 radical (unpaired) electrons. The van der Waals surface area contributed by atoms with Crippen LogP contribution in [0.15, 0.2) is 18.2 Å².